The smallest absolute Gasteiger partial charge is 0.305 e. The van der Waals surface area contributed by atoms with E-state index in [0.29, 0.717) is 25.2 Å². The number of ether oxygens (including phenoxy) is 2. The summed E-state index contributed by atoms with van der Waals surface area (Å²) in [6.07, 6.45) is 2.72. The fourth-order valence-electron chi connectivity index (χ4n) is 1.73. The van der Waals surface area contributed by atoms with Crippen molar-refractivity contribution in [3.8, 4) is 5.75 Å². The standard InChI is InChI=1S/C15H20FNO3S/c1-2-19-14(18)6-4-3-5-9-20-13-8-7-11(15(17)21)10-12(13)16/h7-8,10H,2-6,9H2,1H3,(H2,17,21). The van der Waals surface area contributed by atoms with Crippen LogP contribution in [-0.2, 0) is 9.53 Å². The molecule has 0 heterocycles. The number of halogens is 1. The Morgan fingerprint density at radius 2 is 2.10 bits per heavy atom. The maximum atomic E-state index is 13.7. The molecular formula is C15H20FNO3S. The Bertz CT molecular complexity index is 494. The number of rotatable bonds is 9. The molecule has 0 radical (unpaired) electrons. The number of thiocarbonyl (C=S) groups is 1. The monoisotopic (exact) mass is 313 g/mol. The van der Waals surface area contributed by atoms with Crippen molar-refractivity contribution in [2.45, 2.75) is 32.6 Å². The fourth-order valence-corrected chi connectivity index (χ4v) is 1.86. The predicted octanol–water partition coefficient (Wildman–Crippen LogP) is 2.96. The first-order valence-corrected chi connectivity index (χ1v) is 7.33. The lowest BCUT2D eigenvalue weighted by molar-refractivity contribution is -0.143. The normalized spacial score (nSPS) is 10.2. The van der Waals surface area contributed by atoms with E-state index in [1.165, 1.54) is 12.1 Å². The number of esters is 1. The van der Waals surface area contributed by atoms with Gasteiger partial charge < -0.3 is 15.2 Å². The van der Waals surface area contributed by atoms with Crippen LogP contribution in [0.15, 0.2) is 18.2 Å². The largest absolute Gasteiger partial charge is 0.491 e. The van der Waals surface area contributed by atoms with Crippen LogP contribution in [0.5, 0.6) is 5.75 Å². The molecule has 116 valence electrons. The Hall–Kier alpha value is -1.69. The average Bonchev–Trinajstić information content (AvgIpc) is 2.44. The van der Waals surface area contributed by atoms with E-state index in [9.17, 15) is 9.18 Å². The summed E-state index contributed by atoms with van der Waals surface area (Å²) in [6.45, 7) is 2.58. The van der Waals surface area contributed by atoms with Gasteiger partial charge in [0.2, 0.25) is 0 Å². The molecule has 1 aromatic rings. The highest BCUT2D eigenvalue weighted by molar-refractivity contribution is 7.80. The molecule has 0 fully saturated rings. The molecule has 1 rings (SSSR count). The van der Waals surface area contributed by atoms with Gasteiger partial charge in [-0.25, -0.2) is 4.39 Å². The minimum Gasteiger partial charge on any atom is -0.491 e. The number of carbonyl (C=O) groups excluding carboxylic acids is 1. The molecule has 0 atom stereocenters. The van der Waals surface area contributed by atoms with Crippen LogP contribution < -0.4 is 10.5 Å². The molecule has 0 aromatic heterocycles. The van der Waals surface area contributed by atoms with Gasteiger partial charge in [0.15, 0.2) is 11.6 Å². The Labute approximate surface area is 129 Å². The molecule has 0 bridgehead atoms. The highest BCUT2D eigenvalue weighted by Crippen LogP contribution is 2.18. The first kappa shape index (κ1) is 17.4. The molecule has 0 saturated carbocycles. The summed E-state index contributed by atoms with van der Waals surface area (Å²) in [5.41, 5.74) is 5.90. The maximum Gasteiger partial charge on any atom is 0.305 e. The van der Waals surface area contributed by atoms with Gasteiger partial charge >= 0.3 is 5.97 Å². The summed E-state index contributed by atoms with van der Waals surface area (Å²) in [5, 5.41) is 0. The fraction of sp³-hybridized carbons (Fsp3) is 0.467. The summed E-state index contributed by atoms with van der Waals surface area (Å²) in [4.78, 5) is 11.3. The van der Waals surface area contributed by atoms with Gasteiger partial charge in [-0.3, -0.25) is 4.79 Å². The van der Waals surface area contributed by atoms with E-state index in [-0.39, 0.29) is 16.7 Å². The van der Waals surface area contributed by atoms with Gasteiger partial charge in [0.1, 0.15) is 4.99 Å². The Kier molecular flexibility index (Phi) is 7.68. The summed E-state index contributed by atoms with van der Waals surface area (Å²) in [7, 11) is 0. The van der Waals surface area contributed by atoms with E-state index < -0.39 is 5.82 Å². The van der Waals surface area contributed by atoms with Crippen molar-refractivity contribution < 1.29 is 18.7 Å². The molecule has 0 aliphatic rings. The van der Waals surface area contributed by atoms with E-state index >= 15 is 0 Å². The van der Waals surface area contributed by atoms with E-state index in [4.69, 9.17) is 27.4 Å². The zero-order chi connectivity index (χ0) is 15.7. The maximum absolute atomic E-state index is 13.7. The van der Waals surface area contributed by atoms with Gasteiger partial charge in [-0.15, -0.1) is 0 Å². The topological polar surface area (TPSA) is 61.5 Å². The number of hydrogen-bond donors (Lipinski definition) is 1. The van der Waals surface area contributed by atoms with Crippen molar-refractivity contribution >= 4 is 23.2 Å². The summed E-state index contributed by atoms with van der Waals surface area (Å²) in [6, 6.07) is 4.41. The molecule has 0 saturated heterocycles. The first-order valence-electron chi connectivity index (χ1n) is 6.92. The number of nitrogens with two attached hydrogens (primary N) is 1. The lowest BCUT2D eigenvalue weighted by Gasteiger charge is -2.08. The van der Waals surface area contributed by atoms with Crippen LogP contribution in [0.4, 0.5) is 4.39 Å². The zero-order valence-electron chi connectivity index (χ0n) is 12.1. The lowest BCUT2D eigenvalue weighted by Crippen LogP contribution is -2.10. The average molecular weight is 313 g/mol. The van der Waals surface area contributed by atoms with Crippen LogP contribution >= 0.6 is 12.2 Å². The van der Waals surface area contributed by atoms with Gasteiger partial charge in [0, 0.05) is 12.0 Å². The van der Waals surface area contributed by atoms with Gasteiger partial charge in [-0.05, 0) is 44.4 Å². The third-order valence-corrected chi connectivity index (χ3v) is 3.04. The minimum absolute atomic E-state index is 0.152. The van der Waals surface area contributed by atoms with Gasteiger partial charge in [-0.2, -0.15) is 0 Å². The third kappa shape index (κ3) is 6.53. The highest BCUT2D eigenvalue weighted by Gasteiger charge is 2.06. The van der Waals surface area contributed by atoms with Crippen molar-refractivity contribution in [3.63, 3.8) is 0 Å². The van der Waals surface area contributed by atoms with E-state index in [2.05, 4.69) is 0 Å². The molecule has 0 aliphatic carbocycles. The van der Waals surface area contributed by atoms with E-state index in [1.807, 2.05) is 0 Å². The summed E-state index contributed by atoms with van der Waals surface area (Å²) >= 11 is 4.77. The zero-order valence-corrected chi connectivity index (χ0v) is 12.9. The SMILES string of the molecule is CCOC(=O)CCCCCOc1ccc(C(N)=S)cc1F. The summed E-state index contributed by atoms with van der Waals surface area (Å²) < 4.78 is 23.8. The minimum atomic E-state index is -0.480. The number of hydrogen-bond acceptors (Lipinski definition) is 4. The van der Waals surface area contributed by atoms with Crippen molar-refractivity contribution in [2.75, 3.05) is 13.2 Å². The highest BCUT2D eigenvalue weighted by atomic mass is 32.1. The summed E-state index contributed by atoms with van der Waals surface area (Å²) in [5.74, 6) is -0.481. The van der Waals surface area contributed by atoms with Gasteiger partial charge in [0.25, 0.3) is 0 Å². The van der Waals surface area contributed by atoms with Crippen molar-refractivity contribution in [3.05, 3.63) is 29.6 Å². The van der Waals surface area contributed by atoms with Crippen molar-refractivity contribution in [1.82, 2.24) is 0 Å². The first-order chi connectivity index (χ1) is 10.0. The number of unbranched alkanes of at least 4 members (excludes halogenated alkanes) is 2. The molecule has 6 heteroatoms. The quantitative estimate of drug-likeness (QED) is 0.431. The molecular weight excluding hydrogens is 293 g/mol. The van der Waals surface area contributed by atoms with Crippen LogP contribution in [0.25, 0.3) is 0 Å². The van der Waals surface area contributed by atoms with Crippen molar-refractivity contribution in [1.29, 1.82) is 0 Å². The Morgan fingerprint density at radius 1 is 1.33 bits per heavy atom. The van der Waals surface area contributed by atoms with Gasteiger partial charge in [0.05, 0.1) is 13.2 Å². The molecule has 2 N–H and O–H groups in total. The molecule has 0 spiro atoms. The Balaban J connectivity index is 2.24. The third-order valence-electron chi connectivity index (χ3n) is 2.80. The van der Waals surface area contributed by atoms with Crippen molar-refractivity contribution in [2.24, 2.45) is 5.73 Å². The molecule has 4 nitrogen and oxygen atoms in total. The number of benzene rings is 1. The second-order valence-corrected chi connectivity index (χ2v) is 4.91. The van der Waals surface area contributed by atoms with Crippen LogP contribution in [0.1, 0.15) is 38.2 Å². The van der Waals surface area contributed by atoms with Crippen LogP contribution in [0.2, 0.25) is 0 Å². The molecule has 0 amide bonds. The van der Waals surface area contributed by atoms with Crippen LogP contribution in [-0.4, -0.2) is 24.2 Å². The van der Waals surface area contributed by atoms with E-state index in [1.54, 1.807) is 13.0 Å². The lowest BCUT2D eigenvalue weighted by atomic mass is 10.2. The second-order valence-electron chi connectivity index (χ2n) is 4.47. The van der Waals surface area contributed by atoms with Gasteiger partial charge in [-0.1, -0.05) is 12.2 Å². The predicted molar refractivity (Wildman–Crippen MR) is 82.9 cm³/mol. The van der Waals surface area contributed by atoms with Crippen LogP contribution in [0, 0.1) is 5.82 Å². The Morgan fingerprint density at radius 3 is 2.71 bits per heavy atom. The second kappa shape index (κ2) is 9.28. The molecule has 0 unspecified atom stereocenters. The molecule has 0 aliphatic heterocycles. The van der Waals surface area contributed by atoms with E-state index in [0.717, 1.165) is 19.3 Å². The van der Waals surface area contributed by atoms with Crippen LogP contribution in [0.3, 0.4) is 0 Å². The number of carbonyl (C=O) groups is 1. The molecule has 21 heavy (non-hydrogen) atoms. The molecule has 1 aromatic carbocycles.